The van der Waals surface area contributed by atoms with Crippen LogP contribution >= 0.6 is 0 Å². The molecule has 0 spiro atoms. The zero-order chi connectivity index (χ0) is 24.5. The highest BCUT2D eigenvalue weighted by molar-refractivity contribution is 5.38. The summed E-state index contributed by atoms with van der Waals surface area (Å²) in [5, 5.41) is 0. The number of rotatable bonds is 13. The van der Waals surface area contributed by atoms with Crippen molar-refractivity contribution in [3.05, 3.63) is 34.6 Å². The van der Waals surface area contributed by atoms with Crippen molar-refractivity contribution in [3.63, 3.8) is 0 Å². The summed E-state index contributed by atoms with van der Waals surface area (Å²) in [6, 6.07) is 4.50. The van der Waals surface area contributed by atoms with E-state index >= 15 is 4.39 Å². The van der Waals surface area contributed by atoms with E-state index in [0.717, 1.165) is 48.3 Å². The van der Waals surface area contributed by atoms with Gasteiger partial charge in [-0.25, -0.2) is 4.39 Å². The molecule has 198 valence electrons. The Kier molecular flexibility index (Phi) is 11.0. The van der Waals surface area contributed by atoms with Gasteiger partial charge >= 0.3 is 0 Å². The van der Waals surface area contributed by atoms with Crippen molar-refractivity contribution >= 4 is 0 Å². The van der Waals surface area contributed by atoms with Crippen molar-refractivity contribution in [2.75, 3.05) is 6.61 Å². The quantitative estimate of drug-likeness (QED) is 0.253. The van der Waals surface area contributed by atoms with Crippen molar-refractivity contribution in [1.29, 1.82) is 0 Å². The second-order valence-electron chi connectivity index (χ2n) is 12.3. The Labute approximate surface area is 216 Å². The van der Waals surface area contributed by atoms with Gasteiger partial charge in [0, 0.05) is 6.61 Å². The monoisotopic (exact) mass is 484 g/mol. The van der Waals surface area contributed by atoms with Crippen LogP contribution in [-0.4, -0.2) is 12.7 Å². The molecule has 0 heterocycles. The van der Waals surface area contributed by atoms with Crippen LogP contribution in [0.3, 0.4) is 0 Å². The minimum atomic E-state index is 0.177. The van der Waals surface area contributed by atoms with Gasteiger partial charge in [-0.15, -0.1) is 0 Å². The van der Waals surface area contributed by atoms with Gasteiger partial charge < -0.3 is 4.74 Å². The molecule has 0 bridgehead atoms. The van der Waals surface area contributed by atoms with E-state index in [0.29, 0.717) is 12.0 Å². The molecule has 3 aliphatic rings. The molecule has 0 saturated heterocycles. The Hall–Kier alpha value is -0.890. The summed E-state index contributed by atoms with van der Waals surface area (Å²) in [7, 11) is 0. The van der Waals surface area contributed by atoms with Crippen molar-refractivity contribution in [2.45, 2.75) is 148 Å². The fraction of sp³-hybridized carbons (Fsp3) is 0.818. The number of unbranched alkanes of at least 4 members (excludes halogenated alkanes) is 7. The number of hydrogen-bond donors (Lipinski definition) is 0. The summed E-state index contributed by atoms with van der Waals surface area (Å²) in [4.78, 5) is 0. The molecule has 5 atom stereocenters. The predicted octanol–water partition coefficient (Wildman–Crippen LogP) is 9.94. The van der Waals surface area contributed by atoms with Gasteiger partial charge in [0.2, 0.25) is 0 Å². The highest BCUT2D eigenvalue weighted by Crippen LogP contribution is 2.48. The predicted molar refractivity (Wildman–Crippen MR) is 147 cm³/mol. The number of fused-ring (bicyclic) bond motifs is 2. The zero-order valence-corrected chi connectivity index (χ0v) is 23.0. The molecule has 1 nitrogen and oxygen atoms in total. The number of halogens is 1. The third kappa shape index (κ3) is 7.56. The van der Waals surface area contributed by atoms with Gasteiger partial charge in [0.05, 0.1) is 6.10 Å². The molecule has 1 aromatic rings. The SMILES string of the molecule is CCCCCCCC1CCc2c(ccc(C3CCC4CC(OCCCCCC)CCC4C3)c2F)C1. The van der Waals surface area contributed by atoms with Crippen molar-refractivity contribution in [3.8, 4) is 0 Å². The molecule has 3 aliphatic carbocycles. The third-order valence-electron chi connectivity index (χ3n) is 9.75. The first-order chi connectivity index (χ1) is 17.2. The smallest absolute Gasteiger partial charge is 0.130 e. The summed E-state index contributed by atoms with van der Waals surface area (Å²) in [5.41, 5.74) is 3.45. The standard InChI is InChI=1S/C33H53FO/c1-3-5-7-9-10-12-25-13-19-31-28(22-25)17-20-32(33(31)34)29-15-14-27-24-30(18-16-26(27)23-29)35-21-11-8-6-4-2/h17,20,25-27,29-30H,3-16,18-19,21-24H2,1-2H3. The van der Waals surface area contributed by atoms with Crippen LogP contribution in [0.5, 0.6) is 0 Å². The molecule has 0 aliphatic heterocycles. The van der Waals surface area contributed by atoms with E-state index in [9.17, 15) is 0 Å². The van der Waals surface area contributed by atoms with Crippen LogP contribution < -0.4 is 0 Å². The van der Waals surface area contributed by atoms with Gasteiger partial charge in [0.15, 0.2) is 0 Å². The molecule has 0 amide bonds. The molecule has 1 aromatic carbocycles. The van der Waals surface area contributed by atoms with Gasteiger partial charge in [0.25, 0.3) is 0 Å². The number of hydrogen-bond acceptors (Lipinski definition) is 1. The van der Waals surface area contributed by atoms with Crippen LogP contribution in [0.2, 0.25) is 0 Å². The topological polar surface area (TPSA) is 9.23 Å². The average Bonchev–Trinajstić information content (AvgIpc) is 2.88. The summed E-state index contributed by atoms with van der Waals surface area (Å²) >= 11 is 0. The van der Waals surface area contributed by atoms with Crippen molar-refractivity contribution in [1.82, 2.24) is 0 Å². The molecule has 5 unspecified atom stereocenters. The van der Waals surface area contributed by atoms with Gasteiger partial charge in [-0.1, -0.05) is 83.8 Å². The van der Waals surface area contributed by atoms with Gasteiger partial charge in [0.1, 0.15) is 5.82 Å². The van der Waals surface area contributed by atoms with E-state index < -0.39 is 0 Å². The molecule has 35 heavy (non-hydrogen) atoms. The highest BCUT2D eigenvalue weighted by atomic mass is 19.1. The summed E-state index contributed by atoms with van der Waals surface area (Å²) in [5.74, 6) is 2.97. The lowest BCUT2D eigenvalue weighted by molar-refractivity contribution is -0.0164. The lowest BCUT2D eigenvalue weighted by Gasteiger charge is -2.42. The second-order valence-corrected chi connectivity index (χ2v) is 12.3. The van der Waals surface area contributed by atoms with Crippen molar-refractivity contribution in [2.24, 2.45) is 17.8 Å². The molecule has 2 heteroatoms. The summed E-state index contributed by atoms with van der Waals surface area (Å²) < 4.78 is 22.0. The molecule has 0 aromatic heterocycles. The Morgan fingerprint density at radius 2 is 1.54 bits per heavy atom. The lowest BCUT2D eigenvalue weighted by atomic mass is 9.65. The van der Waals surface area contributed by atoms with Crippen LogP contribution in [0.25, 0.3) is 0 Å². The maximum Gasteiger partial charge on any atom is 0.130 e. The Balaban J connectivity index is 1.25. The summed E-state index contributed by atoms with van der Waals surface area (Å²) in [6.45, 7) is 5.50. The number of ether oxygens (including phenoxy) is 1. The minimum absolute atomic E-state index is 0.177. The molecular weight excluding hydrogens is 431 g/mol. The van der Waals surface area contributed by atoms with E-state index in [2.05, 4.69) is 26.0 Å². The molecule has 2 fully saturated rings. The zero-order valence-electron chi connectivity index (χ0n) is 23.0. The highest BCUT2D eigenvalue weighted by Gasteiger charge is 2.37. The second kappa shape index (κ2) is 14.2. The normalized spacial score (nSPS) is 28.5. The van der Waals surface area contributed by atoms with Crippen molar-refractivity contribution < 1.29 is 9.13 Å². The first-order valence-electron chi connectivity index (χ1n) is 15.6. The molecule has 0 radical (unpaired) electrons. The van der Waals surface area contributed by atoms with Gasteiger partial charge in [-0.2, -0.15) is 0 Å². The van der Waals surface area contributed by atoms with E-state index in [1.165, 1.54) is 115 Å². The van der Waals surface area contributed by atoms with Crippen LogP contribution in [0, 0.1) is 23.6 Å². The van der Waals surface area contributed by atoms with Gasteiger partial charge in [-0.05, 0) is 105 Å². The Morgan fingerprint density at radius 1 is 0.800 bits per heavy atom. The first-order valence-corrected chi connectivity index (χ1v) is 15.6. The van der Waals surface area contributed by atoms with E-state index in [1.807, 2.05) is 0 Å². The van der Waals surface area contributed by atoms with Crippen LogP contribution in [0.1, 0.15) is 146 Å². The van der Waals surface area contributed by atoms with Crippen LogP contribution in [-0.2, 0) is 17.6 Å². The summed E-state index contributed by atoms with van der Waals surface area (Å²) in [6.07, 6.45) is 24.4. The Bertz CT molecular complexity index is 758. The maximum atomic E-state index is 15.8. The fourth-order valence-electron chi connectivity index (χ4n) is 7.56. The largest absolute Gasteiger partial charge is 0.378 e. The number of benzene rings is 1. The third-order valence-corrected chi connectivity index (χ3v) is 9.75. The molecule has 0 N–H and O–H groups in total. The average molecular weight is 485 g/mol. The van der Waals surface area contributed by atoms with Crippen LogP contribution in [0.15, 0.2) is 12.1 Å². The molecule has 2 saturated carbocycles. The minimum Gasteiger partial charge on any atom is -0.378 e. The van der Waals surface area contributed by atoms with Gasteiger partial charge in [-0.3, -0.25) is 0 Å². The molecule has 4 rings (SSSR count). The fourth-order valence-corrected chi connectivity index (χ4v) is 7.56. The van der Waals surface area contributed by atoms with Crippen LogP contribution in [0.4, 0.5) is 4.39 Å². The van der Waals surface area contributed by atoms with E-state index in [4.69, 9.17) is 4.74 Å². The van der Waals surface area contributed by atoms with E-state index in [1.54, 1.807) is 0 Å². The first kappa shape index (κ1) is 27.2. The van der Waals surface area contributed by atoms with E-state index in [-0.39, 0.29) is 5.82 Å². The maximum absolute atomic E-state index is 15.8. The lowest BCUT2D eigenvalue weighted by Crippen LogP contribution is -2.34. The Morgan fingerprint density at radius 3 is 2.37 bits per heavy atom. The molecular formula is C33H53FO.